The Balaban J connectivity index is 2.69. The number of nitrogens with two attached hydrogens (primary N) is 1. The van der Waals surface area contributed by atoms with E-state index in [0.717, 1.165) is 6.42 Å². The zero-order valence-corrected chi connectivity index (χ0v) is 9.71. The molecular weight excluding hydrogens is 178 g/mol. The highest BCUT2D eigenvalue weighted by Gasteiger charge is 2.48. The van der Waals surface area contributed by atoms with Crippen molar-refractivity contribution in [1.82, 2.24) is 0 Å². The van der Waals surface area contributed by atoms with Crippen molar-refractivity contribution in [3.8, 4) is 0 Å². The number of aliphatic hydroxyl groups is 1. The van der Waals surface area contributed by atoms with E-state index < -0.39 is 0 Å². The lowest BCUT2D eigenvalue weighted by Crippen LogP contribution is -2.37. The standard InChI is InChI=1S/C11H23NO2/c1-10(2)7-8(9(13)5-6-12)11(3,4)14-10/h8-9,13H,5-7,12H2,1-4H3. The van der Waals surface area contributed by atoms with Crippen LogP contribution in [0.3, 0.4) is 0 Å². The minimum absolute atomic E-state index is 0.121. The van der Waals surface area contributed by atoms with E-state index in [4.69, 9.17) is 10.5 Å². The van der Waals surface area contributed by atoms with Crippen LogP contribution in [0, 0.1) is 5.92 Å². The maximum atomic E-state index is 9.96. The van der Waals surface area contributed by atoms with Crippen LogP contribution in [0.4, 0.5) is 0 Å². The molecule has 0 aromatic rings. The topological polar surface area (TPSA) is 55.5 Å². The van der Waals surface area contributed by atoms with Gasteiger partial charge in [0.15, 0.2) is 0 Å². The summed E-state index contributed by atoms with van der Waals surface area (Å²) in [5.74, 6) is 0.195. The molecule has 0 aromatic carbocycles. The molecule has 3 nitrogen and oxygen atoms in total. The van der Waals surface area contributed by atoms with Crippen molar-refractivity contribution in [2.45, 2.75) is 57.8 Å². The van der Waals surface area contributed by atoms with Gasteiger partial charge in [0.25, 0.3) is 0 Å². The molecule has 0 amide bonds. The molecule has 1 fully saturated rings. The minimum atomic E-state index is -0.336. The van der Waals surface area contributed by atoms with Gasteiger partial charge in [0.1, 0.15) is 0 Å². The maximum Gasteiger partial charge on any atom is 0.0687 e. The highest BCUT2D eigenvalue weighted by molar-refractivity contribution is 4.97. The van der Waals surface area contributed by atoms with E-state index in [0.29, 0.717) is 13.0 Å². The predicted molar refractivity (Wildman–Crippen MR) is 57.0 cm³/mol. The van der Waals surface area contributed by atoms with Gasteiger partial charge in [-0.1, -0.05) is 0 Å². The summed E-state index contributed by atoms with van der Waals surface area (Å²) in [6, 6.07) is 0. The molecule has 0 aromatic heterocycles. The van der Waals surface area contributed by atoms with Crippen LogP contribution in [0.2, 0.25) is 0 Å². The number of ether oxygens (including phenoxy) is 1. The predicted octanol–water partition coefficient (Wildman–Crippen LogP) is 1.29. The Morgan fingerprint density at radius 2 is 2.00 bits per heavy atom. The van der Waals surface area contributed by atoms with Gasteiger partial charge in [0.05, 0.1) is 17.3 Å². The Kier molecular flexibility index (Phi) is 3.24. The van der Waals surface area contributed by atoms with Gasteiger partial charge in [-0.05, 0) is 47.1 Å². The largest absolute Gasteiger partial charge is 0.393 e. The lowest BCUT2D eigenvalue weighted by molar-refractivity contribution is -0.0878. The Hall–Kier alpha value is -0.120. The number of hydrogen-bond acceptors (Lipinski definition) is 3. The second-order valence-electron chi connectivity index (χ2n) is 5.42. The van der Waals surface area contributed by atoms with Gasteiger partial charge < -0.3 is 15.6 Å². The summed E-state index contributed by atoms with van der Waals surface area (Å²) >= 11 is 0. The molecule has 0 saturated carbocycles. The average molecular weight is 201 g/mol. The second-order valence-corrected chi connectivity index (χ2v) is 5.42. The maximum absolute atomic E-state index is 9.96. The molecule has 3 heteroatoms. The van der Waals surface area contributed by atoms with Gasteiger partial charge in [-0.3, -0.25) is 0 Å². The Bertz CT molecular complexity index is 201. The van der Waals surface area contributed by atoms with E-state index in [-0.39, 0.29) is 23.2 Å². The summed E-state index contributed by atoms with van der Waals surface area (Å²) in [4.78, 5) is 0. The fourth-order valence-electron chi connectivity index (χ4n) is 2.58. The van der Waals surface area contributed by atoms with E-state index in [9.17, 15) is 5.11 Å². The molecule has 2 atom stereocenters. The normalized spacial score (nSPS) is 31.7. The van der Waals surface area contributed by atoms with Crippen LogP contribution in [0.5, 0.6) is 0 Å². The quantitative estimate of drug-likeness (QED) is 0.723. The summed E-state index contributed by atoms with van der Waals surface area (Å²) in [5, 5.41) is 9.96. The zero-order valence-electron chi connectivity index (χ0n) is 9.71. The van der Waals surface area contributed by atoms with Gasteiger partial charge in [-0.2, -0.15) is 0 Å². The van der Waals surface area contributed by atoms with Crippen LogP contribution >= 0.6 is 0 Å². The monoisotopic (exact) mass is 201 g/mol. The summed E-state index contributed by atoms with van der Waals surface area (Å²) in [6.07, 6.45) is 1.23. The molecule has 84 valence electrons. The number of rotatable bonds is 3. The van der Waals surface area contributed by atoms with Crippen LogP contribution in [-0.2, 0) is 4.74 Å². The van der Waals surface area contributed by atoms with E-state index >= 15 is 0 Å². The summed E-state index contributed by atoms with van der Waals surface area (Å²) in [7, 11) is 0. The molecular formula is C11H23NO2. The lowest BCUT2D eigenvalue weighted by atomic mass is 9.82. The third-order valence-electron chi connectivity index (χ3n) is 3.07. The SMILES string of the molecule is CC1(C)CC(C(O)CCN)C(C)(C)O1. The molecule has 3 N–H and O–H groups in total. The molecule has 1 saturated heterocycles. The van der Waals surface area contributed by atoms with E-state index in [2.05, 4.69) is 13.8 Å². The molecule has 14 heavy (non-hydrogen) atoms. The molecule has 1 aliphatic rings. The first-order valence-electron chi connectivity index (χ1n) is 5.37. The molecule has 2 unspecified atom stereocenters. The third kappa shape index (κ3) is 2.47. The Labute approximate surface area is 86.6 Å². The summed E-state index contributed by atoms with van der Waals surface area (Å²) < 4.78 is 5.92. The molecule has 1 aliphatic heterocycles. The molecule has 0 bridgehead atoms. The van der Waals surface area contributed by atoms with Crippen molar-refractivity contribution in [1.29, 1.82) is 0 Å². The van der Waals surface area contributed by atoms with Gasteiger partial charge in [-0.25, -0.2) is 0 Å². The van der Waals surface area contributed by atoms with Crippen LogP contribution < -0.4 is 5.73 Å². The van der Waals surface area contributed by atoms with E-state index in [1.165, 1.54) is 0 Å². The fraction of sp³-hybridized carbons (Fsp3) is 1.00. The van der Waals surface area contributed by atoms with Crippen molar-refractivity contribution < 1.29 is 9.84 Å². The first-order chi connectivity index (χ1) is 6.28. The summed E-state index contributed by atoms with van der Waals surface area (Å²) in [5.41, 5.74) is 5.09. The molecule has 0 spiro atoms. The van der Waals surface area contributed by atoms with Crippen molar-refractivity contribution >= 4 is 0 Å². The molecule has 1 heterocycles. The fourth-order valence-corrected chi connectivity index (χ4v) is 2.58. The van der Waals surface area contributed by atoms with E-state index in [1.54, 1.807) is 0 Å². The first-order valence-corrected chi connectivity index (χ1v) is 5.37. The van der Waals surface area contributed by atoms with Gasteiger partial charge in [-0.15, -0.1) is 0 Å². The van der Waals surface area contributed by atoms with Crippen molar-refractivity contribution in [2.24, 2.45) is 11.7 Å². The summed E-state index contributed by atoms with van der Waals surface area (Å²) in [6.45, 7) is 8.78. The van der Waals surface area contributed by atoms with E-state index in [1.807, 2.05) is 13.8 Å². The lowest BCUT2D eigenvalue weighted by Gasteiger charge is -2.30. The smallest absolute Gasteiger partial charge is 0.0687 e. The van der Waals surface area contributed by atoms with Gasteiger partial charge in [0, 0.05) is 5.92 Å². The highest BCUT2D eigenvalue weighted by atomic mass is 16.5. The van der Waals surface area contributed by atoms with Gasteiger partial charge in [0.2, 0.25) is 0 Å². The average Bonchev–Trinajstić information content (AvgIpc) is 2.19. The van der Waals surface area contributed by atoms with Crippen molar-refractivity contribution in [2.75, 3.05) is 6.54 Å². The number of hydrogen-bond donors (Lipinski definition) is 2. The van der Waals surface area contributed by atoms with Crippen molar-refractivity contribution in [3.63, 3.8) is 0 Å². The van der Waals surface area contributed by atoms with Crippen LogP contribution in [0.25, 0.3) is 0 Å². The third-order valence-corrected chi connectivity index (χ3v) is 3.07. The molecule has 0 radical (unpaired) electrons. The molecule has 1 rings (SSSR count). The highest BCUT2D eigenvalue weighted by Crippen LogP contribution is 2.43. The first kappa shape index (κ1) is 12.0. The Morgan fingerprint density at radius 1 is 1.43 bits per heavy atom. The van der Waals surface area contributed by atoms with Gasteiger partial charge >= 0.3 is 0 Å². The van der Waals surface area contributed by atoms with Crippen LogP contribution in [-0.4, -0.2) is 29.0 Å². The van der Waals surface area contributed by atoms with Crippen molar-refractivity contribution in [3.05, 3.63) is 0 Å². The molecule has 0 aliphatic carbocycles. The minimum Gasteiger partial charge on any atom is -0.393 e. The van der Waals surface area contributed by atoms with Crippen LogP contribution in [0.1, 0.15) is 40.5 Å². The van der Waals surface area contributed by atoms with Crippen LogP contribution in [0.15, 0.2) is 0 Å². The Morgan fingerprint density at radius 3 is 2.36 bits per heavy atom. The number of aliphatic hydroxyl groups excluding tert-OH is 1. The zero-order chi connectivity index (χ0) is 11.0. The second kappa shape index (κ2) is 3.80.